The van der Waals surface area contributed by atoms with Crippen LogP contribution in [0.5, 0.6) is 5.75 Å². The Labute approximate surface area is 265 Å². The van der Waals surface area contributed by atoms with Gasteiger partial charge in [0.05, 0.1) is 7.11 Å². The largest absolute Gasteiger partial charge is 0.497 e. The van der Waals surface area contributed by atoms with Crippen LogP contribution in [0.3, 0.4) is 0 Å². The van der Waals surface area contributed by atoms with Gasteiger partial charge in [0, 0.05) is 31.5 Å². The summed E-state index contributed by atoms with van der Waals surface area (Å²) in [6.45, 7) is 5.29. The molecule has 0 bridgehead atoms. The van der Waals surface area contributed by atoms with Gasteiger partial charge in [0.1, 0.15) is 29.5 Å². The number of amides is 4. The molecule has 0 radical (unpaired) electrons. The van der Waals surface area contributed by atoms with Gasteiger partial charge < -0.3 is 35.4 Å². The predicted octanol–water partition coefficient (Wildman–Crippen LogP) is 2.74. The van der Waals surface area contributed by atoms with Crippen molar-refractivity contribution in [3.05, 3.63) is 65.7 Å². The number of nitrogens with one attached hydrogen (secondary N) is 3. The Hall–Kier alpha value is -4.12. The Morgan fingerprint density at radius 1 is 0.978 bits per heavy atom. The highest BCUT2D eigenvalue weighted by Gasteiger charge is 2.47. The fourth-order valence-corrected chi connectivity index (χ4v) is 6.07. The number of carbonyl (C=O) groups excluding carboxylic acids is 4. The van der Waals surface area contributed by atoms with Crippen LogP contribution in [0.2, 0.25) is 0 Å². The van der Waals surface area contributed by atoms with Crippen LogP contribution in [0.1, 0.15) is 57.6 Å². The number of benzene rings is 2. The van der Waals surface area contributed by atoms with Crippen molar-refractivity contribution in [1.82, 2.24) is 20.9 Å². The molecule has 244 valence electrons. The minimum Gasteiger partial charge on any atom is -0.497 e. The van der Waals surface area contributed by atoms with Crippen LogP contribution in [-0.2, 0) is 32.0 Å². The lowest BCUT2D eigenvalue weighted by Crippen LogP contribution is -2.59. The topological polar surface area (TPSA) is 146 Å². The van der Waals surface area contributed by atoms with Crippen molar-refractivity contribution in [3.8, 4) is 5.75 Å². The number of aliphatic hydroxyl groups excluding tert-OH is 1. The summed E-state index contributed by atoms with van der Waals surface area (Å²) in [4.78, 5) is 55.5. The van der Waals surface area contributed by atoms with Crippen molar-refractivity contribution in [1.29, 1.82) is 0 Å². The highest BCUT2D eigenvalue weighted by atomic mass is 16.6. The monoisotopic (exact) mass is 622 g/mol. The van der Waals surface area contributed by atoms with E-state index in [9.17, 15) is 24.3 Å². The third-order valence-electron chi connectivity index (χ3n) is 8.36. The molecule has 0 saturated carbocycles. The Kier molecular flexibility index (Phi) is 11.4. The molecule has 11 heteroatoms. The van der Waals surface area contributed by atoms with E-state index in [0.717, 1.165) is 16.9 Å². The SMILES string of the molecule is COc1ccc(CCNC(=O)[C@@H]2CC[C@@H]3CC[C@H](CO)[C@H](NC(=O)[C@@H](Cc4ccccc4)NC(=O)OC(C)(C)C)C(=O)N32)cc1. The normalized spacial score (nSPS) is 22.1. The number of ether oxygens (including phenoxy) is 2. The first-order valence-electron chi connectivity index (χ1n) is 15.7. The van der Waals surface area contributed by atoms with E-state index in [1.807, 2.05) is 54.6 Å². The van der Waals surface area contributed by atoms with Gasteiger partial charge in [-0.25, -0.2) is 4.79 Å². The average molecular weight is 623 g/mol. The summed E-state index contributed by atoms with van der Waals surface area (Å²) in [6, 6.07) is 13.9. The van der Waals surface area contributed by atoms with Crippen molar-refractivity contribution in [2.75, 3.05) is 20.3 Å². The fraction of sp³-hybridized carbons (Fsp3) is 0.529. The van der Waals surface area contributed by atoms with E-state index in [1.54, 1.807) is 32.8 Å². The first-order chi connectivity index (χ1) is 21.5. The number of nitrogens with zero attached hydrogens (tertiary/aromatic N) is 1. The summed E-state index contributed by atoms with van der Waals surface area (Å²) < 4.78 is 10.6. The van der Waals surface area contributed by atoms with Crippen molar-refractivity contribution in [2.24, 2.45) is 5.92 Å². The molecule has 4 amide bonds. The van der Waals surface area contributed by atoms with Gasteiger partial charge >= 0.3 is 6.09 Å². The van der Waals surface area contributed by atoms with Gasteiger partial charge in [-0.1, -0.05) is 42.5 Å². The van der Waals surface area contributed by atoms with Crippen molar-refractivity contribution in [3.63, 3.8) is 0 Å². The zero-order valence-corrected chi connectivity index (χ0v) is 26.6. The summed E-state index contributed by atoms with van der Waals surface area (Å²) in [6.07, 6.45) is 2.34. The van der Waals surface area contributed by atoms with Gasteiger partial charge in [-0.2, -0.15) is 0 Å². The lowest BCUT2D eigenvalue weighted by Gasteiger charge is -2.32. The maximum absolute atomic E-state index is 14.1. The number of aliphatic hydroxyl groups is 1. The van der Waals surface area contributed by atoms with E-state index in [4.69, 9.17) is 9.47 Å². The first kappa shape index (κ1) is 33.8. The van der Waals surface area contributed by atoms with Gasteiger partial charge in [-0.15, -0.1) is 0 Å². The maximum atomic E-state index is 14.1. The molecule has 2 aromatic rings. The third-order valence-corrected chi connectivity index (χ3v) is 8.36. The van der Waals surface area contributed by atoms with Crippen LogP contribution in [-0.4, -0.2) is 83.9 Å². The minimum atomic E-state index is -1.06. The van der Waals surface area contributed by atoms with E-state index >= 15 is 0 Å². The quantitative estimate of drug-likeness (QED) is 0.302. The molecule has 4 N–H and O–H groups in total. The molecule has 2 fully saturated rings. The number of fused-ring (bicyclic) bond motifs is 1. The first-order valence-corrected chi connectivity index (χ1v) is 15.7. The zero-order chi connectivity index (χ0) is 32.6. The minimum absolute atomic E-state index is 0.161. The zero-order valence-electron chi connectivity index (χ0n) is 26.6. The second kappa shape index (κ2) is 15.2. The molecule has 0 aliphatic carbocycles. The Balaban J connectivity index is 1.46. The van der Waals surface area contributed by atoms with E-state index in [-0.39, 0.29) is 25.0 Å². The highest BCUT2D eigenvalue weighted by molar-refractivity contribution is 5.95. The van der Waals surface area contributed by atoms with Crippen LogP contribution >= 0.6 is 0 Å². The summed E-state index contributed by atoms with van der Waals surface area (Å²) in [7, 11) is 1.61. The molecule has 2 heterocycles. The number of rotatable bonds is 11. The number of methoxy groups -OCH3 is 1. The van der Waals surface area contributed by atoms with Gasteiger partial charge in [0.15, 0.2) is 0 Å². The van der Waals surface area contributed by atoms with E-state index in [2.05, 4.69) is 16.0 Å². The van der Waals surface area contributed by atoms with Crippen LogP contribution in [0.15, 0.2) is 54.6 Å². The van der Waals surface area contributed by atoms with E-state index < -0.39 is 47.6 Å². The Morgan fingerprint density at radius 3 is 2.31 bits per heavy atom. The molecule has 2 saturated heterocycles. The average Bonchev–Trinajstić information content (AvgIpc) is 3.38. The summed E-state index contributed by atoms with van der Waals surface area (Å²) in [5, 5.41) is 18.7. The van der Waals surface area contributed by atoms with Gasteiger partial charge in [0.2, 0.25) is 17.7 Å². The molecule has 11 nitrogen and oxygen atoms in total. The van der Waals surface area contributed by atoms with Crippen molar-refractivity contribution < 1.29 is 33.8 Å². The van der Waals surface area contributed by atoms with Crippen LogP contribution in [0, 0.1) is 5.92 Å². The maximum Gasteiger partial charge on any atom is 0.408 e. The summed E-state index contributed by atoms with van der Waals surface area (Å²) >= 11 is 0. The molecular formula is C34H46N4O7. The predicted molar refractivity (Wildman–Crippen MR) is 168 cm³/mol. The fourth-order valence-electron chi connectivity index (χ4n) is 6.07. The van der Waals surface area contributed by atoms with E-state index in [0.29, 0.717) is 38.6 Å². The van der Waals surface area contributed by atoms with Gasteiger partial charge in [-0.05, 0) is 76.1 Å². The summed E-state index contributed by atoms with van der Waals surface area (Å²) in [5.41, 5.74) is 1.09. The molecule has 2 aliphatic heterocycles. The number of carbonyl (C=O) groups is 4. The second-order valence-corrected chi connectivity index (χ2v) is 12.8. The van der Waals surface area contributed by atoms with E-state index in [1.165, 1.54) is 0 Å². The van der Waals surface area contributed by atoms with Crippen LogP contribution in [0.4, 0.5) is 4.79 Å². The smallest absolute Gasteiger partial charge is 0.408 e. The lowest BCUT2D eigenvalue weighted by atomic mass is 9.93. The van der Waals surface area contributed by atoms with Crippen molar-refractivity contribution >= 4 is 23.8 Å². The van der Waals surface area contributed by atoms with Gasteiger partial charge in [-0.3, -0.25) is 14.4 Å². The highest BCUT2D eigenvalue weighted by Crippen LogP contribution is 2.34. The molecule has 2 aromatic carbocycles. The van der Waals surface area contributed by atoms with Crippen LogP contribution in [0.25, 0.3) is 0 Å². The number of hydrogen-bond donors (Lipinski definition) is 4. The second-order valence-electron chi connectivity index (χ2n) is 12.8. The molecular weight excluding hydrogens is 576 g/mol. The Morgan fingerprint density at radius 2 is 1.67 bits per heavy atom. The molecule has 0 unspecified atom stereocenters. The number of hydrogen-bond acceptors (Lipinski definition) is 7. The van der Waals surface area contributed by atoms with Crippen molar-refractivity contribution in [2.45, 2.75) is 89.1 Å². The summed E-state index contributed by atoms with van der Waals surface area (Å²) in [5.74, 6) is -0.979. The molecule has 2 aliphatic rings. The van der Waals surface area contributed by atoms with Gasteiger partial charge in [0.25, 0.3) is 0 Å². The van der Waals surface area contributed by atoms with Crippen LogP contribution < -0.4 is 20.7 Å². The molecule has 4 rings (SSSR count). The molecule has 5 atom stereocenters. The molecule has 0 spiro atoms. The Bertz CT molecular complexity index is 1310. The molecule has 45 heavy (non-hydrogen) atoms. The third kappa shape index (κ3) is 9.20. The standard InChI is InChI=1S/C34H46N4O7/c1-34(2,3)45-33(43)36-27(20-23-8-6-5-7-9-23)30(40)37-29-24(21-39)12-13-25-14-17-28(38(25)32(29)42)31(41)35-19-18-22-10-15-26(44-4)16-11-22/h5-11,15-16,24-25,27-29,39H,12-14,17-21H2,1-4H3,(H,35,41)(H,36,43)(H,37,40)/t24-,25+,27-,28+,29+/m1/s1. The lowest BCUT2D eigenvalue weighted by molar-refractivity contribution is -0.144. The molecule has 0 aromatic heterocycles. The number of alkyl carbamates (subject to hydrolysis) is 1.